The van der Waals surface area contributed by atoms with Gasteiger partial charge in [0.1, 0.15) is 4.21 Å². The van der Waals surface area contributed by atoms with Gasteiger partial charge in [0.2, 0.25) is 15.9 Å². The van der Waals surface area contributed by atoms with E-state index in [0.717, 1.165) is 16.2 Å². The zero-order chi connectivity index (χ0) is 13.6. The minimum absolute atomic E-state index is 0. The minimum atomic E-state index is -3.39. The summed E-state index contributed by atoms with van der Waals surface area (Å²) < 4.78 is 25.5. The smallest absolute Gasteiger partial charge is 0.249 e. The second-order valence-electron chi connectivity index (χ2n) is 3.60. The summed E-state index contributed by atoms with van der Waals surface area (Å²) in [7, 11) is -2.03. The first-order chi connectivity index (χ1) is 8.49. The highest BCUT2D eigenvalue weighted by atomic mass is 35.5. The van der Waals surface area contributed by atoms with Gasteiger partial charge in [-0.2, -0.15) is 0 Å². The van der Waals surface area contributed by atoms with Crippen molar-refractivity contribution in [3.8, 4) is 0 Å². The predicted octanol–water partition coefficient (Wildman–Crippen LogP) is 0.433. The van der Waals surface area contributed by atoms with Crippen LogP contribution in [0.25, 0.3) is 0 Å². The van der Waals surface area contributed by atoms with E-state index in [1.165, 1.54) is 13.1 Å². The molecule has 9 heteroatoms. The van der Waals surface area contributed by atoms with E-state index < -0.39 is 10.0 Å². The predicted molar refractivity (Wildman–Crippen MR) is 77.9 cm³/mol. The van der Waals surface area contributed by atoms with Crippen LogP contribution in [0.5, 0.6) is 0 Å². The number of carbonyl (C=O) groups is 1. The van der Waals surface area contributed by atoms with E-state index in [4.69, 9.17) is 5.73 Å². The summed E-state index contributed by atoms with van der Waals surface area (Å²) in [6, 6.07) is 3.22. The molecule has 0 fully saturated rings. The fraction of sp³-hybridized carbons (Fsp3) is 0.500. The van der Waals surface area contributed by atoms with Crippen molar-refractivity contribution in [1.82, 2.24) is 10.0 Å². The molecule has 1 rings (SSSR count). The van der Waals surface area contributed by atoms with Crippen LogP contribution in [0.1, 0.15) is 17.7 Å². The van der Waals surface area contributed by atoms with E-state index >= 15 is 0 Å². The highest BCUT2D eigenvalue weighted by molar-refractivity contribution is 7.91. The molecular weight excluding hydrogens is 310 g/mol. The number of nitrogens with one attached hydrogen (secondary N) is 2. The third-order valence-corrected chi connectivity index (χ3v) is 5.23. The van der Waals surface area contributed by atoms with Crippen LogP contribution in [0.15, 0.2) is 16.3 Å². The molecule has 1 amide bonds. The summed E-state index contributed by atoms with van der Waals surface area (Å²) in [5.41, 5.74) is 5.30. The number of rotatable bonds is 7. The number of amides is 1. The molecule has 0 saturated heterocycles. The van der Waals surface area contributed by atoms with Crippen molar-refractivity contribution in [3.63, 3.8) is 0 Å². The quantitative estimate of drug-likeness (QED) is 0.676. The van der Waals surface area contributed by atoms with Crippen molar-refractivity contribution in [3.05, 3.63) is 17.0 Å². The average Bonchev–Trinajstić information content (AvgIpc) is 2.83. The number of hydrogen-bond donors (Lipinski definition) is 3. The molecule has 1 aromatic heterocycles. The van der Waals surface area contributed by atoms with Crippen molar-refractivity contribution in [2.24, 2.45) is 5.73 Å². The van der Waals surface area contributed by atoms with Crippen LogP contribution in [0.4, 0.5) is 0 Å². The molecular formula is C10H18ClN3O3S2. The normalized spacial score (nSPS) is 10.8. The van der Waals surface area contributed by atoms with Crippen LogP contribution in [-0.4, -0.2) is 27.9 Å². The highest BCUT2D eigenvalue weighted by Gasteiger charge is 2.14. The van der Waals surface area contributed by atoms with E-state index in [-0.39, 0.29) is 22.5 Å². The molecule has 0 spiro atoms. The lowest BCUT2D eigenvalue weighted by molar-refractivity contribution is -0.121. The summed E-state index contributed by atoms with van der Waals surface area (Å²) >= 11 is 1.14. The molecule has 0 aliphatic carbocycles. The topological polar surface area (TPSA) is 101 Å². The van der Waals surface area contributed by atoms with Gasteiger partial charge in [0.25, 0.3) is 0 Å². The van der Waals surface area contributed by atoms with Gasteiger partial charge in [0, 0.05) is 11.3 Å². The molecule has 19 heavy (non-hydrogen) atoms. The first-order valence-electron chi connectivity index (χ1n) is 5.48. The van der Waals surface area contributed by atoms with Crippen molar-refractivity contribution in [2.75, 3.05) is 13.6 Å². The van der Waals surface area contributed by atoms with Crippen molar-refractivity contribution >= 4 is 39.7 Å². The van der Waals surface area contributed by atoms with Gasteiger partial charge in [-0.05, 0) is 32.1 Å². The van der Waals surface area contributed by atoms with Gasteiger partial charge in [-0.25, -0.2) is 13.1 Å². The third kappa shape index (κ3) is 5.87. The zero-order valence-electron chi connectivity index (χ0n) is 10.5. The maximum atomic E-state index is 11.5. The Morgan fingerprint density at radius 2 is 2.11 bits per heavy atom. The number of thiophene rings is 1. The molecule has 0 aliphatic rings. The Kier molecular flexibility index (Phi) is 8.19. The molecule has 0 unspecified atom stereocenters. The SMILES string of the molecule is CNS(=O)(=O)c1ccc(CNC(=O)CCCN)s1.Cl. The number of sulfonamides is 1. The average molecular weight is 328 g/mol. The maximum Gasteiger partial charge on any atom is 0.249 e. The van der Waals surface area contributed by atoms with Crippen LogP contribution in [0.3, 0.4) is 0 Å². The van der Waals surface area contributed by atoms with E-state index in [9.17, 15) is 13.2 Å². The van der Waals surface area contributed by atoms with Crippen molar-refractivity contribution < 1.29 is 13.2 Å². The number of hydrogen-bond acceptors (Lipinski definition) is 5. The zero-order valence-corrected chi connectivity index (χ0v) is 13.0. The van der Waals surface area contributed by atoms with Crippen molar-refractivity contribution in [2.45, 2.75) is 23.6 Å². The lowest BCUT2D eigenvalue weighted by Crippen LogP contribution is -2.22. The molecule has 0 aliphatic heterocycles. The Balaban J connectivity index is 0.00000324. The Labute approximate surface area is 123 Å². The Hall–Kier alpha value is -0.670. The van der Waals surface area contributed by atoms with Gasteiger partial charge in [-0.1, -0.05) is 0 Å². The van der Waals surface area contributed by atoms with E-state index in [0.29, 0.717) is 25.9 Å². The molecule has 0 aromatic carbocycles. The van der Waals surface area contributed by atoms with Crippen LogP contribution in [0, 0.1) is 0 Å². The van der Waals surface area contributed by atoms with Crippen LogP contribution >= 0.6 is 23.7 Å². The maximum absolute atomic E-state index is 11.5. The highest BCUT2D eigenvalue weighted by Crippen LogP contribution is 2.20. The van der Waals surface area contributed by atoms with E-state index in [1.807, 2.05) is 0 Å². The molecule has 4 N–H and O–H groups in total. The lowest BCUT2D eigenvalue weighted by atomic mass is 10.3. The first-order valence-corrected chi connectivity index (χ1v) is 7.78. The molecule has 0 saturated carbocycles. The molecule has 0 atom stereocenters. The Bertz CT molecular complexity index is 502. The number of carbonyl (C=O) groups excluding carboxylic acids is 1. The van der Waals surface area contributed by atoms with Crippen LogP contribution < -0.4 is 15.8 Å². The summed E-state index contributed by atoms with van der Waals surface area (Å²) in [6.07, 6.45) is 1.04. The minimum Gasteiger partial charge on any atom is -0.351 e. The van der Waals surface area contributed by atoms with Gasteiger partial charge >= 0.3 is 0 Å². The molecule has 1 heterocycles. The Morgan fingerprint density at radius 3 is 2.68 bits per heavy atom. The van der Waals surface area contributed by atoms with Gasteiger partial charge in [-0.3, -0.25) is 4.79 Å². The lowest BCUT2D eigenvalue weighted by Gasteiger charge is -2.02. The van der Waals surface area contributed by atoms with E-state index in [2.05, 4.69) is 10.0 Å². The fourth-order valence-electron chi connectivity index (χ4n) is 1.23. The monoisotopic (exact) mass is 327 g/mol. The van der Waals surface area contributed by atoms with Gasteiger partial charge < -0.3 is 11.1 Å². The second kappa shape index (κ2) is 8.49. The summed E-state index contributed by atoms with van der Waals surface area (Å²) in [5.74, 6) is -0.0770. The van der Waals surface area contributed by atoms with Gasteiger partial charge in [0.05, 0.1) is 6.54 Å². The molecule has 0 bridgehead atoms. The fourth-order valence-corrected chi connectivity index (χ4v) is 3.37. The molecule has 110 valence electrons. The number of halogens is 1. The molecule has 1 aromatic rings. The second-order valence-corrected chi connectivity index (χ2v) is 6.88. The molecule has 0 radical (unpaired) electrons. The van der Waals surface area contributed by atoms with Gasteiger partial charge in [0.15, 0.2) is 0 Å². The summed E-state index contributed by atoms with van der Waals surface area (Å²) in [6.45, 7) is 0.824. The van der Waals surface area contributed by atoms with Gasteiger partial charge in [-0.15, -0.1) is 23.7 Å². The van der Waals surface area contributed by atoms with Crippen LogP contribution in [0.2, 0.25) is 0 Å². The summed E-state index contributed by atoms with van der Waals surface area (Å²) in [5, 5.41) is 2.72. The molecule has 6 nitrogen and oxygen atoms in total. The largest absolute Gasteiger partial charge is 0.351 e. The van der Waals surface area contributed by atoms with Crippen LogP contribution in [-0.2, 0) is 21.4 Å². The van der Waals surface area contributed by atoms with E-state index in [1.54, 1.807) is 6.07 Å². The summed E-state index contributed by atoms with van der Waals surface area (Å²) in [4.78, 5) is 12.1. The Morgan fingerprint density at radius 1 is 1.42 bits per heavy atom. The first kappa shape index (κ1) is 18.3. The third-order valence-electron chi connectivity index (χ3n) is 2.24. The van der Waals surface area contributed by atoms with Crippen molar-refractivity contribution in [1.29, 1.82) is 0 Å². The number of nitrogens with two attached hydrogens (primary N) is 1. The standard InChI is InChI=1S/C10H17N3O3S2.ClH/c1-12-18(15,16)10-5-4-8(17-10)7-13-9(14)3-2-6-11;/h4-5,12H,2-3,6-7,11H2,1H3,(H,13,14);1H.